The Morgan fingerprint density at radius 2 is 1.53 bits per heavy atom. The lowest BCUT2D eigenvalue weighted by atomic mass is 10.1. The number of aryl methyl sites for hydroxylation is 1. The first-order valence-electron chi connectivity index (χ1n) is 11.2. The summed E-state index contributed by atoms with van der Waals surface area (Å²) < 4.78 is 0. The average molecular weight is 482 g/mol. The smallest absolute Gasteiger partial charge is 0.256 e. The normalized spacial score (nSPS) is 10.4. The Morgan fingerprint density at radius 1 is 0.806 bits per heavy atom. The first kappa shape index (κ1) is 24.2. The molecule has 0 saturated carbocycles. The highest BCUT2D eigenvalue weighted by atomic mass is 16.2. The third kappa shape index (κ3) is 5.95. The Balaban J connectivity index is 1.43. The molecular formula is C27H27N7O2. The monoisotopic (exact) mass is 481 g/mol. The molecule has 2 amide bonds. The molecule has 182 valence electrons. The first-order chi connectivity index (χ1) is 17.3. The van der Waals surface area contributed by atoms with E-state index in [2.05, 4.69) is 25.9 Å². The number of nitrogens with one attached hydrogen (secondary N) is 3. The molecule has 0 aliphatic heterocycles. The van der Waals surface area contributed by atoms with Crippen LogP contribution in [-0.2, 0) is 0 Å². The summed E-state index contributed by atoms with van der Waals surface area (Å²) in [5.41, 5.74) is 10.8. The van der Waals surface area contributed by atoms with Crippen molar-refractivity contribution >= 4 is 46.2 Å². The van der Waals surface area contributed by atoms with Crippen LogP contribution in [0.5, 0.6) is 0 Å². The lowest BCUT2D eigenvalue weighted by Crippen LogP contribution is -2.16. The second-order valence-electron chi connectivity index (χ2n) is 8.43. The van der Waals surface area contributed by atoms with Crippen molar-refractivity contribution in [3.8, 4) is 0 Å². The van der Waals surface area contributed by atoms with Crippen molar-refractivity contribution in [2.75, 3.05) is 40.7 Å². The minimum atomic E-state index is -0.335. The van der Waals surface area contributed by atoms with Gasteiger partial charge >= 0.3 is 0 Å². The SMILES string of the molecule is Cc1ccc(NC(=O)c2cccc(N(C)C)c2)cc1C(=O)Nc1cnc(Nc2cccc(N)c2)nc1. The molecule has 36 heavy (non-hydrogen) atoms. The van der Waals surface area contributed by atoms with Crippen molar-refractivity contribution in [1.29, 1.82) is 0 Å². The fraction of sp³-hybridized carbons (Fsp3) is 0.111. The summed E-state index contributed by atoms with van der Waals surface area (Å²) in [6.45, 7) is 1.83. The highest BCUT2D eigenvalue weighted by Gasteiger charge is 2.13. The topological polar surface area (TPSA) is 125 Å². The molecule has 5 N–H and O–H groups in total. The van der Waals surface area contributed by atoms with Gasteiger partial charge in [0.25, 0.3) is 11.8 Å². The largest absolute Gasteiger partial charge is 0.399 e. The quantitative estimate of drug-likeness (QED) is 0.282. The Kier molecular flexibility index (Phi) is 7.10. The second-order valence-corrected chi connectivity index (χ2v) is 8.43. The van der Waals surface area contributed by atoms with Crippen molar-refractivity contribution in [2.24, 2.45) is 0 Å². The van der Waals surface area contributed by atoms with E-state index in [0.29, 0.717) is 34.1 Å². The van der Waals surface area contributed by atoms with Crippen molar-refractivity contribution in [2.45, 2.75) is 6.92 Å². The predicted molar refractivity (Wildman–Crippen MR) is 144 cm³/mol. The van der Waals surface area contributed by atoms with Crippen molar-refractivity contribution in [3.63, 3.8) is 0 Å². The number of aromatic nitrogens is 2. The zero-order valence-corrected chi connectivity index (χ0v) is 20.2. The maximum atomic E-state index is 13.0. The molecule has 3 aromatic carbocycles. The Morgan fingerprint density at radius 3 is 2.25 bits per heavy atom. The number of amides is 2. The Hall–Kier alpha value is -4.92. The highest BCUT2D eigenvalue weighted by Crippen LogP contribution is 2.20. The zero-order valence-electron chi connectivity index (χ0n) is 20.2. The molecule has 4 aromatic rings. The number of nitrogen functional groups attached to an aromatic ring is 1. The van der Waals surface area contributed by atoms with Crippen LogP contribution in [0.1, 0.15) is 26.3 Å². The molecule has 4 rings (SSSR count). The van der Waals surface area contributed by atoms with Crippen molar-refractivity contribution in [3.05, 3.63) is 95.8 Å². The van der Waals surface area contributed by atoms with Gasteiger partial charge in [-0.3, -0.25) is 9.59 Å². The Labute approximate surface area is 209 Å². The number of benzene rings is 3. The summed E-state index contributed by atoms with van der Waals surface area (Å²) in [6.07, 6.45) is 3.02. The maximum absolute atomic E-state index is 13.0. The number of rotatable bonds is 7. The zero-order chi connectivity index (χ0) is 25.7. The van der Waals surface area contributed by atoms with Gasteiger partial charge in [-0.15, -0.1) is 0 Å². The third-order valence-corrected chi connectivity index (χ3v) is 5.42. The number of nitrogens with two attached hydrogens (primary N) is 1. The molecule has 0 aliphatic rings. The van der Waals surface area contributed by atoms with E-state index in [4.69, 9.17) is 5.73 Å². The van der Waals surface area contributed by atoms with E-state index in [-0.39, 0.29) is 11.8 Å². The van der Waals surface area contributed by atoms with Crippen LogP contribution in [0.3, 0.4) is 0 Å². The van der Waals surface area contributed by atoms with Gasteiger partial charge in [-0.2, -0.15) is 0 Å². The highest BCUT2D eigenvalue weighted by molar-refractivity contribution is 6.08. The second kappa shape index (κ2) is 10.6. The third-order valence-electron chi connectivity index (χ3n) is 5.42. The fourth-order valence-corrected chi connectivity index (χ4v) is 3.47. The minimum Gasteiger partial charge on any atom is -0.399 e. The molecule has 0 aliphatic carbocycles. The molecule has 0 atom stereocenters. The summed E-state index contributed by atoms with van der Waals surface area (Å²) in [4.78, 5) is 36.1. The number of anilines is 6. The number of nitrogens with zero attached hydrogens (tertiary/aromatic N) is 3. The van der Waals surface area contributed by atoms with Gasteiger partial charge in [0.15, 0.2) is 0 Å². The van der Waals surface area contributed by atoms with Crippen molar-refractivity contribution in [1.82, 2.24) is 9.97 Å². The summed E-state index contributed by atoms with van der Waals surface area (Å²) in [5.74, 6) is -0.221. The molecule has 1 aromatic heterocycles. The van der Waals surface area contributed by atoms with Crippen LogP contribution >= 0.6 is 0 Å². The van der Waals surface area contributed by atoms with Gasteiger partial charge in [-0.1, -0.05) is 18.2 Å². The molecule has 9 heteroatoms. The van der Waals surface area contributed by atoms with E-state index < -0.39 is 0 Å². The van der Waals surface area contributed by atoms with Gasteiger partial charge in [0.05, 0.1) is 18.1 Å². The van der Waals surface area contributed by atoms with E-state index in [0.717, 1.165) is 16.9 Å². The van der Waals surface area contributed by atoms with Crippen LogP contribution in [-0.4, -0.2) is 35.9 Å². The molecule has 0 bridgehead atoms. The predicted octanol–water partition coefficient (Wildman–Crippen LogP) is 4.68. The van der Waals surface area contributed by atoms with Crippen LogP contribution < -0.4 is 26.6 Å². The molecule has 0 fully saturated rings. The summed E-state index contributed by atoms with van der Waals surface area (Å²) in [6, 6.07) is 19.7. The van der Waals surface area contributed by atoms with Crippen LogP contribution in [0, 0.1) is 6.92 Å². The molecule has 1 heterocycles. The number of hydrogen-bond acceptors (Lipinski definition) is 7. The fourth-order valence-electron chi connectivity index (χ4n) is 3.47. The molecule has 0 unspecified atom stereocenters. The van der Waals surface area contributed by atoms with E-state index in [9.17, 15) is 9.59 Å². The molecule has 0 spiro atoms. The number of carbonyl (C=O) groups excluding carboxylic acids is 2. The van der Waals surface area contributed by atoms with Gasteiger partial charge in [0, 0.05) is 48.0 Å². The van der Waals surface area contributed by atoms with Crippen LogP contribution in [0.15, 0.2) is 79.1 Å². The Bertz CT molecular complexity index is 1400. The summed E-state index contributed by atoms with van der Waals surface area (Å²) in [7, 11) is 3.83. The summed E-state index contributed by atoms with van der Waals surface area (Å²) >= 11 is 0. The van der Waals surface area contributed by atoms with Gasteiger partial charge in [-0.25, -0.2) is 9.97 Å². The molecule has 9 nitrogen and oxygen atoms in total. The van der Waals surface area contributed by atoms with Crippen LogP contribution in [0.2, 0.25) is 0 Å². The minimum absolute atomic E-state index is 0.259. The van der Waals surface area contributed by atoms with E-state index >= 15 is 0 Å². The molecular weight excluding hydrogens is 454 g/mol. The lowest BCUT2D eigenvalue weighted by molar-refractivity contribution is 0.101. The van der Waals surface area contributed by atoms with Gasteiger partial charge in [-0.05, 0) is 61.0 Å². The van der Waals surface area contributed by atoms with Crippen LogP contribution in [0.25, 0.3) is 0 Å². The van der Waals surface area contributed by atoms with E-state index in [1.54, 1.807) is 36.4 Å². The lowest BCUT2D eigenvalue weighted by Gasteiger charge is -2.14. The molecule has 0 saturated heterocycles. The summed E-state index contributed by atoms with van der Waals surface area (Å²) in [5, 5.41) is 8.72. The maximum Gasteiger partial charge on any atom is 0.256 e. The van der Waals surface area contributed by atoms with Crippen LogP contribution in [0.4, 0.5) is 34.4 Å². The van der Waals surface area contributed by atoms with Gasteiger partial charge < -0.3 is 26.6 Å². The first-order valence-corrected chi connectivity index (χ1v) is 11.2. The molecule has 0 radical (unpaired) electrons. The van der Waals surface area contributed by atoms with Gasteiger partial charge in [0.2, 0.25) is 5.95 Å². The van der Waals surface area contributed by atoms with E-state index in [1.165, 1.54) is 12.4 Å². The van der Waals surface area contributed by atoms with Crippen molar-refractivity contribution < 1.29 is 9.59 Å². The van der Waals surface area contributed by atoms with Gasteiger partial charge in [0.1, 0.15) is 0 Å². The number of carbonyl (C=O) groups is 2. The standard InChI is InChI=1S/C27H27N7O2/c1-17-10-11-21(31-25(35)18-6-4-9-23(12-18)34(2)3)14-24(17)26(36)32-22-15-29-27(30-16-22)33-20-8-5-7-19(28)13-20/h4-16H,28H2,1-3H3,(H,31,35)(H,32,36)(H,29,30,33). The average Bonchev–Trinajstić information content (AvgIpc) is 2.86. The van der Waals surface area contributed by atoms with E-state index in [1.807, 2.05) is 56.3 Å². The number of hydrogen-bond donors (Lipinski definition) is 4.